The van der Waals surface area contributed by atoms with Crippen LogP contribution in [0.5, 0.6) is 5.75 Å². The normalized spacial score (nSPS) is 22.6. The van der Waals surface area contributed by atoms with Crippen LogP contribution in [-0.2, 0) is 20.7 Å². The molecule has 0 aliphatic carbocycles. The van der Waals surface area contributed by atoms with Gasteiger partial charge in [0.2, 0.25) is 0 Å². The maximum absolute atomic E-state index is 11.9. The maximum atomic E-state index is 11.9. The molecule has 1 aliphatic rings. The summed E-state index contributed by atoms with van der Waals surface area (Å²) in [7, 11) is 0. The molecule has 1 unspecified atom stereocenters. The first-order valence-electron chi connectivity index (χ1n) is 5.55. The molecule has 0 amide bonds. The second-order valence-electron chi connectivity index (χ2n) is 4.23. The Kier molecular flexibility index (Phi) is 2.88. The van der Waals surface area contributed by atoms with Gasteiger partial charge in [-0.2, -0.15) is 0 Å². The van der Waals surface area contributed by atoms with Crippen LogP contribution in [0.2, 0.25) is 0 Å². The van der Waals surface area contributed by atoms with Crippen LogP contribution in [0, 0.1) is 5.41 Å². The first kappa shape index (κ1) is 11.6. The van der Waals surface area contributed by atoms with E-state index < -0.39 is 17.4 Å². The van der Waals surface area contributed by atoms with Crippen LogP contribution in [0.1, 0.15) is 19.4 Å². The Morgan fingerprint density at radius 3 is 2.88 bits per heavy atom. The van der Waals surface area contributed by atoms with E-state index in [4.69, 9.17) is 9.47 Å². The highest BCUT2D eigenvalue weighted by Gasteiger charge is 2.47. The van der Waals surface area contributed by atoms with Gasteiger partial charge in [0.25, 0.3) is 0 Å². The monoisotopic (exact) mass is 234 g/mol. The van der Waals surface area contributed by atoms with Gasteiger partial charge >= 0.3 is 11.9 Å². The van der Waals surface area contributed by atoms with Crippen LogP contribution in [0.3, 0.4) is 0 Å². The van der Waals surface area contributed by atoms with Crippen molar-refractivity contribution in [2.24, 2.45) is 5.41 Å². The molecule has 0 aromatic heterocycles. The van der Waals surface area contributed by atoms with E-state index >= 15 is 0 Å². The lowest BCUT2D eigenvalue weighted by Gasteiger charge is -2.30. The summed E-state index contributed by atoms with van der Waals surface area (Å²) >= 11 is 0. The highest BCUT2D eigenvalue weighted by atomic mass is 16.6. The summed E-state index contributed by atoms with van der Waals surface area (Å²) in [6, 6.07) is 7.21. The molecule has 0 spiro atoms. The molecule has 1 atom stereocenters. The number of rotatable bonds is 2. The number of ether oxygens (including phenoxy) is 2. The van der Waals surface area contributed by atoms with Crippen LogP contribution in [0.15, 0.2) is 24.3 Å². The van der Waals surface area contributed by atoms with Gasteiger partial charge < -0.3 is 9.47 Å². The molecule has 90 valence electrons. The van der Waals surface area contributed by atoms with E-state index in [2.05, 4.69) is 0 Å². The zero-order chi connectivity index (χ0) is 12.5. The number of benzene rings is 1. The number of carbonyl (C=O) groups excluding carboxylic acids is 2. The molecule has 0 N–H and O–H groups in total. The van der Waals surface area contributed by atoms with Crippen molar-refractivity contribution in [3.63, 3.8) is 0 Å². The van der Waals surface area contributed by atoms with Gasteiger partial charge in [-0.3, -0.25) is 9.59 Å². The van der Waals surface area contributed by atoms with Crippen molar-refractivity contribution >= 4 is 11.9 Å². The number of para-hydroxylation sites is 1. The summed E-state index contributed by atoms with van der Waals surface area (Å²) in [6.07, 6.45) is 0.320. The Bertz CT molecular complexity index is 466. The van der Waals surface area contributed by atoms with E-state index in [1.54, 1.807) is 26.0 Å². The number of fused-ring (bicyclic) bond motifs is 1. The topological polar surface area (TPSA) is 52.6 Å². The molecule has 1 aromatic carbocycles. The van der Waals surface area contributed by atoms with Crippen molar-refractivity contribution in [1.29, 1.82) is 0 Å². The van der Waals surface area contributed by atoms with E-state index in [1.165, 1.54) is 0 Å². The largest absolute Gasteiger partial charge is 0.465 e. The summed E-state index contributed by atoms with van der Waals surface area (Å²) in [6.45, 7) is 3.52. The van der Waals surface area contributed by atoms with Crippen LogP contribution in [0.4, 0.5) is 0 Å². The highest BCUT2D eigenvalue weighted by Crippen LogP contribution is 2.36. The second-order valence-corrected chi connectivity index (χ2v) is 4.23. The van der Waals surface area contributed by atoms with Gasteiger partial charge in [-0.05, 0) is 25.5 Å². The van der Waals surface area contributed by atoms with Crippen molar-refractivity contribution < 1.29 is 19.1 Å². The predicted octanol–water partition coefficient (Wildman–Crippen LogP) is 1.72. The molecule has 4 heteroatoms. The minimum atomic E-state index is -1.23. The Morgan fingerprint density at radius 2 is 2.18 bits per heavy atom. The summed E-state index contributed by atoms with van der Waals surface area (Å²) in [4.78, 5) is 23.7. The van der Waals surface area contributed by atoms with Crippen LogP contribution >= 0.6 is 0 Å². The molecular weight excluding hydrogens is 220 g/mol. The van der Waals surface area contributed by atoms with Gasteiger partial charge in [0.15, 0.2) is 5.41 Å². The smallest absolute Gasteiger partial charge is 0.328 e. The fraction of sp³-hybridized carbons (Fsp3) is 0.385. The predicted molar refractivity (Wildman–Crippen MR) is 60.5 cm³/mol. The number of esters is 2. The van der Waals surface area contributed by atoms with E-state index in [0.29, 0.717) is 12.2 Å². The molecule has 0 fully saturated rings. The quantitative estimate of drug-likeness (QED) is 0.444. The first-order valence-corrected chi connectivity index (χ1v) is 5.55. The molecule has 2 rings (SSSR count). The molecule has 1 aromatic rings. The summed E-state index contributed by atoms with van der Waals surface area (Å²) in [5, 5.41) is 0. The molecule has 4 nitrogen and oxygen atoms in total. The van der Waals surface area contributed by atoms with Crippen molar-refractivity contribution in [3.05, 3.63) is 29.8 Å². The number of carbonyl (C=O) groups is 2. The highest BCUT2D eigenvalue weighted by molar-refractivity contribution is 6.01. The lowest BCUT2D eigenvalue weighted by Crippen LogP contribution is -2.45. The van der Waals surface area contributed by atoms with Gasteiger partial charge in [0.05, 0.1) is 6.61 Å². The maximum Gasteiger partial charge on any atom is 0.328 e. The molecule has 1 aliphatic heterocycles. The van der Waals surface area contributed by atoms with Crippen molar-refractivity contribution in [1.82, 2.24) is 0 Å². The third-order valence-corrected chi connectivity index (χ3v) is 2.90. The fourth-order valence-corrected chi connectivity index (χ4v) is 1.86. The fourth-order valence-electron chi connectivity index (χ4n) is 1.86. The standard InChI is InChI=1S/C13H14O4/c1-3-16-11(14)13(2)8-9-6-4-5-7-10(9)17-12(13)15/h4-7H,3,8H2,1-2H3. The van der Waals surface area contributed by atoms with Crippen molar-refractivity contribution in [2.75, 3.05) is 6.61 Å². The number of hydrogen-bond acceptors (Lipinski definition) is 4. The Morgan fingerprint density at radius 1 is 1.47 bits per heavy atom. The zero-order valence-electron chi connectivity index (χ0n) is 9.86. The molecule has 17 heavy (non-hydrogen) atoms. The molecule has 0 saturated heterocycles. The summed E-state index contributed by atoms with van der Waals surface area (Å²) in [5.74, 6) is -0.548. The van der Waals surface area contributed by atoms with Crippen LogP contribution in [-0.4, -0.2) is 18.5 Å². The third kappa shape index (κ3) is 1.90. The minimum Gasteiger partial charge on any atom is -0.465 e. The van der Waals surface area contributed by atoms with E-state index in [-0.39, 0.29) is 6.61 Å². The Balaban J connectivity index is 2.34. The van der Waals surface area contributed by atoms with Crippen molar-refractivity contribution in [3.8, 4) is 5.75 Å². The Hall–Kier alpha value is -1.84. The average molecular weight is 234 g/mol. The Labute approximate surface area is 99.5 Å². The third-order valence-electron chi connectivity index (χ3n) is 2.90. The van der Waals surface area contributed by atoms with Gasteiger partial charge in [0, 0.05) is 6.42 Å². The lowest BCUT2D eigenvalue weighted by atomic mass is 9.81. The van der Waals surface area contributed by atoms with Gasteiger partial charge in [0.1, 0.15) is 5.75 Å². The lowest BCUT2D eigenvalue weighted by molar-refractivity contribution is -0.166. The molecule has 0 radical (unpaired) electrons. The van der Waals surface area contributed by atoms with Crippen LogP contribution in [0.25, 0.3) is 0 Å². The van der Waals surface area contributed by atoms with E-state index in [1.807, 2.05) is 12.1 Å². The number of hydrogen-bond donors (Lipinski definition) is 0. The summed E-state index contributed by atoms with van der Waals surface area (Å²) in [5.41, 5.74) is -0.382. The van der Waals surface area contributed by atoms with Crippen LogP contribution < -0.4 is 4.74 Å². The molecule has 1 heterocycles. The molecule has 0 saturated carbocycles. The molecule has 0 bridgehead atoms. The summed E-state index contributed by atoms with van der Waals surface area (Å²) < 4.78 is 10.1. The average Bonchev–Trinajstić information content (AvgIpc) is 2.31. The first-order chi connectivity index (χ1) is 8.08. The molecular formula is C13H14O4. The SMILES string of the molecule is CCOC(=O)C1(C)Cc2ccccc2OC1=O. The van der Waals surface area contributed by atoms with Gasteiger partial charge in [-0.1, -0.05) is 18.2 Å². The van der Waals surface area contributed by atoms with Crippen molar-refractivity contribution in [2.45, 2.75) is 20.3 Å². The second kappa shape index (κ2) is 4.20. The van der Waals surface area contributed by atoms with Gasteiger partial charge in [-0.15, -0.1) is 0 Å². The zero-order valence-corrected chi connectivity index (χ0v) is 9.86. The van der Waals surface area contributed by atoms with E-state index in [0.717, 1.165) is 5.56 Å². The van der Waals surface area contributed by atoms with Gasteiger partial charge in [-0.25, -0.2) is 0 Å². The minimum absolute atomic E-state index is 0.253. The van der Waals surface area contributed by atoms with E-state index in [9.17, 15) is 9.59 Å².